The minimum absolute atomic E-state index is 0.465. The number of carboxylic acids is 1. The third-order valence-electron chi connectivity index (χ3n) is 3.30. The molecule has 0 aromatic heterocycles. The zero-order chi connectivity index (χ0) is 11.8. The second kappa shape index (κ2) is 3.98. The molecule has 0 amide bonds. The Bertz CT molecular complexity index is 424. The molecule has 3 nitrogen and oxygen atoms in total. The monoisotopic (exact) mass is 240 g/mol. The van der Waals surface area contributed by atoms with Crippen molar-refractivity contribution in [2.75, 3.05) is 7.11 Å². The lowest BCUT2D eigenvalue weighted by Crippen LogP contribution is -2.42. The Morgan fingerprint density at radius 1 is 1.50 bits per heavy atom. The quantitative estimate of drug-likeness (QED) is 0.884. The molecule has 2 rings (SSSR count). The Balaban J connectivity index is 2.54. The number of ether oxygens (including phenoxy) is 1. The van der Waals surface area contributed by atoms with E-state index in [1.54, 1.807) is 18.2 Å². The highest BCUT2D eigenvalue weighted by Gasteiger charge is 2.47. The van der Waals surface area contributed by atoms with E-state index in [1.807, 2.05) is 0 Å². The number of rotatable bonds is 3. The number of halogens is 1. The summed E-state index contributed by atoms with van der Waals surface area (Å²) in [4.78, 5) is 11.4. The van der Waals surface area contributed by atoms with E-state index in [4.69, 9.17) is 16.3 Å². The van der Waals surface area contributed by atoms with Gasteiger partial charge in [0.2, 0.25) is 0 Å². The number of hydrogen-bond donors (Lipinski definition) is 1. The molecule has 4 heteroatoms. The second-order valence-corrected chi connectivity index (χ2v) is 4.47. The molecule has 0 spiro atoms. The van der Waals surface area contributed by atoms with Crippen molar-refractivity contribution >= 4 is 17.6 Å². The molecular formula is C12H13ClO3. The van der Waals surface area contributed by atoms with E-state index in [0.29, 0.717) is 29.2 Å². The summed E-state index contributed by atoms with van der Waals surface area (Å²) in [5.41, 5.74) is -0.0998. The molecule has 1 aliphatic carbocycles. The number of methoxy groups -OCH3 is 1. The molecule has 86 valence electrons. The summed E-state index contributed by atoms with van der Waals surface area (Å²) in [6.45, 7) is 0. The summed E-state index contributed by atoms with van der Waals surface area (Å²) in [5, 5.41) is 9.81. The fraction of sp³-hybridized carbons (Fsp3) is 0.417. The van der Waals surface area contributed by atoms with E-state index in [9.17, 15) is 9.90 Å². The molecule has 1 aromatic carbocycles. The molecule has 1 aromatic rings. The van der Waals surface area contributed by atoms with Crippen LogP contribution in [-0.2, 0) is 10.2 Å². The number of carboxylic acid groups (broad SMARTS) is 1. The van der Waals surface area contributed by atoms with E-state index in [1.165, 1.54) is 7.11 Å². The molecule has 0 aliphatic heterocycles. The maximum atomic E-state index is 11.4. The summed E-state index contributed by atoms with van der Waals surface area (Å²) >= 11 is 6.00. The minimum atomic E-state index is -0.795. The molecule has 0 saturated heterocycles. The van der Waals surface area contributed by atoms with E-state index in [2.05, 4.69) is 0 Å². The van der Waals surface area contributed by atoms with Crippen LogP contribution in [0, 0.1) is 0 Å². The molecule has 1 saturated carbocycles. The van der Waals surface area contributed by atoms with Gasteiger partial charge in [-0.05, 0) is 18.9 Å². The second-order valence-electron chi connectivity index (χ2n) is 4.06. The predicted octanol–water partition coefficient (Wildman–Crippen LogP) is 2.85. The molecule has 1 fully saturated rings. The van der Waals surface area contributed by atoms with Gasteiger partial charge in [-0.25, -0.2) is 0 Å². The molecule has 1 aliphatic rings. The van der Waals surface area contributed by atoms with Crippen molar-refractivity contribution in [2.24, 2.45) is 0 Å². The van der Waals surface area contributed by atoms with Gasteiger partial charge in [0.1, 0.15) is 5.75 Å². The van der Waals surface area contributed by atoms with E-state index < -0.39 is 11.4 Å². The Kier molecular flexibility index (Phi) is 2.80. The number of aliphatic carboxylic acids is 1. The Morgan fingerprint density at radius 2 is 2.19 bits per heavy atom. The zero-order valence-electron chi connectivity index (χ0n) is 9.00. The van der Waals surface area contributed by atoms with Gasteiger partial charge in [-0.15, -0.1) is 0 Å². The Hall–Kier alpha value is -1.22. The maximum Gasteiger partial charge on any atom is 0.314 e. The zero-order valence-corrected chi connectivity index (χ0v) is 9.75. The van der Waals surface area contributed by atoms with Crippen molar-refractivity contribution in [1.29, 1.82) is 0 Å². The largest absolute Gasteiger partial charge is 0.495 e. The van der Waals surface area contributed by atoms with Crippen LogP contribution in [0.2, 0.25) is 5.02 Å². The average molecular weight is 241 g/mol. The van der Waals surface area contributed by atoms with Crippen LogP contribution in [0.3, 0.4) is 0 Å². The first kappa shape index (κ1) is 11.3. The molecular weight excluding hydrogens is 228 g/mol. The van der Waals surface area contributed by atoms with Crippen molar-refractivity contribution in [3.63, 3.8) is 0 Å². The maximum absolute atomic E-state index is 11.4. The van der Waals surface area contributed by atoms with Crippen LogP contribution in [0.15, 0.2) is 18.2 Å². The third-order valence-corrected chi connectivity index (χ3v) is 3.60. The lowest BCUT2D eigenvalue weighted by atomic mass is 9.64. The molecule has 0 heterocycles. The van der Waals surface area contributed by atoms with E-state index in [-0.39, 0.29) is 0 Å². The fourth-order valence-corrected chi connectivity index (χ4v) is 2.47. The van der Waals surface area contributed by atoms with Crippen molar-refractivity contribution < 1.29 is 14.6 Å². The highest BCUT2D eigenvalue weighted by molar-refractivity contribution is 6.32. The summed E-state index contributed by atoms with van der Waals surface area (Å²) in [6.07, 6.45) is 2.24. The average Bonchev–Trinajstić information content (AvgIpc) is 2.15. The third kappa shape index (κ3) is 1.47. The molecule has 0 bridgehead atoms. The van der Waals surface area contributed by atoms with Crippen LogP contribution in [0.25, 0.3) is 0 Å². The van der Waals surface area contributed by atoms with Crippen molar-refractivity contribution in [2.45, 2.75) is 24.7 Å². The van der Waals surface area contributed by atoms with E-state index in [0.717, 1.165) is 6.42 Å². The standard InChI is InChI=1S/C12H13ClO3/c1-16-10-8(4-2-5-9(10)13)12(11(14)15)6-3-7-12/h2,4-5H,3,6-7H2,1H3,(H,14,15). The number of hydrogen-bond acceptors (Lipinski definition) is 2. The SMILES string of the molecule is COc1c(Cl)cccc1C1(C(=O)O)CCC1. The van der Waals surface area contributed by atoms with Crippen LogP contribution in [0.1, 0.15) is 24.8 Å². The van der Waals surface area contributed by atoms with Crippen molar-refractivity contribution in [3.8, 4) is 5.75 Å². The van der Waals surface area contributed by atoms with Gasteiger partial charge in [0.25, 0.3) is 0 Å². The van der Waals surface area contributed by atoms with Gasteiger partial charge >= 0.3 is 5.97 Å². The first-order valence-electron chi connectivity index (χ1n) is 5.18. The van der Waals surface area contributed by atoms with E-state index >= 15 is 0 Å². The number of carbonyl (C=O) groups is 1. The first-order valence-corrected chi connectivity index (χ1v) is 5.56. The van der Waals surface area contributed by atoms with Crippen LogP contribution >= 0.6 is 11.6 Å². The smallest absolute Gasteiger partial charge is 0.314 e. The fourth-order valence-electron chi connectivity index (χ4n) is 2.22. The van der Waals surface area contributed by atoms with Crippen LogP contribution in [0.5, 0.6) is 5.75 Å². The highest BCUT2D eigenvalue weighted by atomic mass is 35.5. The van der Waals surface area contributed by atoms with Crippen LogP contribution < -0.4 is 4.74 Å². The van der Waals surface area contributed by atoms with Crippen molar-refractivity contribution in [3.05, 3.63) is 28.8 Å². The molecule has 0 radical (unpaired) electrons. The first-order chi connectivity index (χ1) is 7.62. The molecule has 0 unspecified atom stereocenters. The van der Waals surface area contributed by atoms with Crippen LogP contribution in [-0.4, -0.2) is 18.2 Å². The van der Waals surface area contributed by atoms with Gasteiger partial charge in [0.15, 0.2) is 0 Å². The lowest BCUT2D eigenvalue weighted by Gasteiger charge is -2.38. The van der Waals surface area contributed by atoms with Gasteiger partial charge in [0, 0.05) is 5.56 Å². The summed E-state index contributed by atoms with van der Waals surface area (Å²) in [7, 11) is 1.51. The summed E-state index contributed by atoms with van der Waals surface area (Å²) < 4.78 is 5.21. The summed E-state index contributed by atoms with van der Waals surface area (Å²) in [5.74, 6) is -0.300. The van der Waals surface area contributed by atoms with Crippen LogP contribution in [0.4, 0.5) is 0 Å². The minimum Gasteiger partial charge on any atom is -0.495 e. The van der Waals surface area contributed by atoms with Crippen molar-refractivity contribution in [1.82, 2.24) is 0 Å². The topological polar surface area (TPSA) is 46.5 Å². The molecule has 1 N–H and O–H groups in total. The Morgan fingerprint density at radius 3 is 2.62 bits per heavy atom. The normalized spacial score (nSPS) is 17.6. The van der Waals surface area contributed by atoms with Gasteiger partial charge in [0.05, 0.1) is 17.5 Å². The molecule has 16 heavy (non-hydrogen) atoms. The molecule has 0 atom stereocenters. The lowest BCUT2D eigenvalue weighted by molar-refractivity contribution is -0.147. The number of para-hydroxylation sites is 1. The Labute approximate surface area is 99.0 Å². The van der Waals surface area contributed by atoms with Gasteiger partial charge in [-0.2, -0.15) is 0 Å². The van der Waals surface area contributed by atoms with Gasteiger partial charge in [-0.1, -0.05) is 30.2 Å². The highest BCUT2D eigenvalue weighted by Crippen LogP contribution is 2.48. The predicted molar refractivity (Wildman–Crippen MR) is 61.2 cm³/mol. The van der Waals surface area contributed by atoms with Gasteiger partial charge < -0.3 is 9.84 Å². The summed E-state index contributed by atoms with van der Waals surface area (Å²) in [6, 6.07) is 5.26. The number of benzene rings is 1. The van der Waals surface area contributed by atoms with Gasteiger partial charge in [-0.3, -0.25) is 4.79 Å².